The molecule has 5 heteroatoms. The van der Waals surface area contributed by atoms with Crippen LogP contribution in [0.2, 0.25) is 0 Å². The fourth-order valence-electron chi connectivity index (χ4n) is 1.68. The van der Waals surface area contributed by atoms with Gasteiger partial charge in [-0.2, -0.15) is 0 Å². The molecular formula is C14H22N2O3. The van der Waals surface area contributed by atoms with Gasteiger partial charge in [0, 0.05) is 19.6 Å². The molecule has 0 heterocycles. The molecule has 0 radical (unpaired) electrons. The average Bonchev–Trinajstić information content (AvgIpc) is 2.44. The zero-order valence-electron chi connectivity index (χ0n) is 11.6. The molecule has 0 aliphatic rings. The molecule has 5 nitrogen and oxygen atoms in total. The van der Waals surface area contributed by atoms with Crippen LogP contribution in [0.1, 0.15) is 19.4 Å². The summed E-state index contributed by atoms with van der Waals surface area (Å²) in [6, 6.07) is 7.46. The van der Waals surface area contributed by atoms with Gasteiger partial charge in [-0.1, -0.05) is 12.1 Å². The maximum atomic E-state index is 11.8. The highest BCUT2D eigenvalue weighted by atomic mass is 16.5. The summed E-state index contributed by atoms with van der Waals surface area (Å²) in [7, 11) is 0. The number of aliphatic hydroxyl groups is 1. The summed E-state index contributed by atoms with van der Waals surface area (Å²) in [6.45, 7) is 5.84. The second-order valence-electron chi connectivity index (χ2n) is 4.04. The number of carbonyl (C=O) groups is 1. The number of urea groups is 1. The van der Waals surface area contributed by atoms with Crippen LogP contribution in [0.15, 0.2) is 24.3 Å². The Hall–Kier alpha value is -1.75. The summed E-state index contributed by atoms with van der Waals surface area (Å²) in [5.41, 5.74) is 1.01. The lowest BCUT2D eigenvalue weighted by Gasteiger charge is -2.20. The standard InChI is InChI=1S/C14H22N2O3/c1-3-16(9-10-17)14(18)15-11-12-5-7-13(8-6-12)19-4-2/h5-8,17H,3-4,9-11H2,1-2H3,(H,15,18). The summed E-state index contributed by atoms with van der Waals surface area (Å²) in [6.07, 6.45) is 0. The molecule has 0 aliphatic heterocycles. The van der Waals surface area contributed by atoms with E-state index in [0.29, 0.717) is 26.2 Å². The van der Waals surface area contributed by atoms with E-state index in [1.54, 1.807) is 4.90 Å². The fourth-order valence-corrected chi connectivity index (χ4v) is 1.68. The molecule has 0 atom stereocenters. The molecule has 0 aromatic heterocycles. The predicted molar refractivity (Wildman–Crippen MR) is 74.2 cm³/mol. The van der Waals surface area contributed by atoms with Gasteiger partial charge >= 0.3 is 6.03 Å². The Bertz CT molecular complexity index is 379. The van der Waals surface area contributed by atoms with Crippen molar-refractivity contribution in [1.29, 1.82) is 0 Å². The number of nitrogens with one attached hydrogen (secondary N) is 1. The van der Waals surface area contributed by atoms with Crippen molar-refractivity contribution >= 4 is 6.03 Å². The first-order valence-electron chi connectivity index (χ1n) is 6.56. The number of hydrogen-bond donors (Lipinski definition) is 2. The number of hydrogen-bond acceptors (Lipinski definition) is 3. The third kappa shape index (κ3) is 5.18. The first-order valence-corrected chi connectivity index (χ1v) is 6.56. The van der Waals surface area contributed by atoms with Crippen LogP contribution < -0.4 is 10.1 Å². The van der Waals surface area contributed by atoms with E-state index in [4.69, 9.17) is 9.84 Å². The molecule has 0 fully saturated rings. The van der Waals surface area contributed by atoms with Gasteiger partial charge in [-0.25, -0.2) is 4.79 Å². The molecule has 2 amide bonds. The minimum atomic E-state index is -0.162. The summed E-state index contributed by atoms with van der Waals surface area (Å²) < 4.78 is 5.35. The number of nitrogens with zero attached hydrogens (tertiary/aromatic N) is 1. The third-order valence-corrected chi connectivity index (χ3v) is 2.72. The van der Waals surface area contributed by atoms with E-state index in [9.17, 15) is 4.79 Å². The topological polar surface area (TPSA) is 61.8 Å². The SMILES string of the molecule is CCOc1ccc(CNC(=O)N(CC)CCO)cc1. The van der Waals surface area contributed by atoms with Crippen LogP contribution in [-0.2, 0) is 6.54 Å². The fraction of sp³-hybridized carbons (Fsp3) is 0.500. The van der Waals surface area contributed by atoms with Crippen LogP contribution in [0.25, 0.3) is 0 Å². The minimum Gasteiger partial charge on any atom is -0.494 e. The molecule has 106 valence electrons. The minimum absolute atomic E-state index is 0.0235. The zero-order valence-corrected chi connectivity index (χ0v) is 11.6. The monoisotopic (exact) mass is 266 g/mol. The number of ether oxygens (including phenoxy) is 1. The van der Waals surface area contributed by atoms with E-state index in [0.717, 1.165) is 11.3 Å². The van der Waals surface area contributed by atoms with Gasteiger partial charge in [0.15, 0.2) is 0 Å². The zero-order chi connectivity index (χ0) is 14.1. The van der Waals surface area contributed by atoms with Crippen molar-refractivity contribution in [3.8, 4) is 5.75 Å². The number of carbonyl (C=O) groups excluding carboxylic acids is 1. The van der Waals surface area contributed by atoms with Crippen molar-refractivity contribution in [2.75, 3.05) is 26.3 Å². The summed E-state index contributed by atoms with van der Waals surface area (Å²) >= 11 is 0. The van der Waals surface area contributed by atoms with E-state index in [1.165, 1.54) is 0 Å². The average molecular weight is 266 g/mol. The highest BCUT2D eigenvalue weighted by Gasteiger charge is 2.09. The smallest absolute Gasteiger partial charge is 0.317 e. The Labute approximate surface area is 114 Å². The summed E-state index contributed by atoms with van der Waals surface area (Å²) in [5.74, 6) is 0.827. The molecule has 1 rings (SSSR count). The van der Waals surface area contributed by atoms with Crippen molar-refractivity contribution in [2.24, 2.45) is 0 Å². The predicted octanol–water partition coefficient (Wildman–Crippen LogP) is 1.61. The van der Waals surface area contributed by atoms with Gasteiger partial charge in [0.2, 0.25) is 0 Å². The Morgan fingerprint density at radius 3 is 2.53 bits per heavy atom. The highest BCUT2D eigenvalue weighted by Crippen LogP contribution is 2.11. The maximum absolute atomic E-state index is 11.8. The van der Waals surface area contributed by atoms with Gasteiger partial charge in [0.25, 0.3) is 0 Å². The van der Waals surface area contributed by atoms with Crippen molar-refractivity contribution < 1.29 is 14.6 Å². The van der Waals surface area contributed by atoms with Gasteiger partial charge in [0.1, 0.15) is 5.75 Å². The number of benzene rings is 1. The molecule has 0 saturated carbocycles. The lowest BCUT2D eigenvalue weighted by molar-refractivity contribution is 0.180. The van der Waals surface area contributed by atoms with Crippen LogP contribution in [0.3, 0.4) is 0 Å². The summed E-state index contributed by atoms with van der Waals surface area (Å²) in [4.78, 5) is 13.4. The lowest BCUT2D eigenvalue weighted by Crippen LogP contribution is -2.40. The number of amides is 2. The normalized spacial score (nSPS) is 10.1. The van der Waals surface area contributed by atoms with Crippen molar-refractivity contribution in [1.82, 2.24) is 10.2 Å². The molecule has 19 heavy (non-hydrogen) atoms. The first-order chi connectivity index (χ1) is 9.21. The first kappa shape index (κ1) is 15.3. The van der Waals surface area contributed by atoms with Gasteiger partial charge in [-0.3, -0.25) is 0 Å². The van der Waals surface area contributed by atoms with E-state index in [1.807, 2.05) is 38.1 Å². The molecule has 0 bridgehead atoms. The van der Waals surface area contributed by atoms with Gasteiger partial charge in [0.05, 0.1) is 13.2 Å². The van der Waals surface area contributed by atoms with E-state index in [-0.39, 0.29) is 12.6 Å². The van der Waals surface area contributed by atoms with Crippen LogP contribution in [0, 0.1) is 0 Å². The van der Waals surface area contributed by atoms with Crippen LogP contribution in [0.5, 0.6) is 5.75 Å². The molecule has 0 saturated heterocycles. The molecule has 1 aromatic carbocycles. The quantitative estimate of drug-likeness (QED) is 0.788. The van der Waals surface area contributed by atoms with E-state index >= 15 is 0 Å². The summed E-state index contributed by atoms with van der Waals surface area (Å²) in [5, 5.41) is 11.7. The van der Waals surface area contributed by atoms with Crippen LogP contribution >= 0.6 is 0 Å². The third-order valence-electron chi connectivity index (χ3n) is 2.72. The molecule has 0 aliphatic carbocycles. The number of likely N-dealkylation sites (N-methyl/N-ethyl adjacent to an activating group) is 1. The Kier molecular flexibility index (Phi) is 6.74. The number of aliphatic hydroxyl groups excluding tert-OH is 1. The number of rotatable bonds is 7. The Balaban J connectivity index is 2.45. The molecule has 0 spiro atoms. The van der Waals surface area contributed by atoms with E-state index < -0.39 is 0 Å². The Morgan fingerprint density at radius 2 is 2.00 bits per heavy atom. The second kappa shape index (κ2) is 8.37. The molecular weight excluding hydrogens is 244 g/mol. The van der Waals surface area contributed by atoms with Crippen molar-refractivity contribution in [2.45, 2.75) is 20.4 Å². The van der Waals surface area contributed by atoms with Crippen LogP contribution in [-0.4, -0.2) is 42.3 Å². The van der Waals surface area contributed by atoms with Crippen molar-refractivity contribution in [3.63, 3.8) is 0 Å². The lowest BCUT2D eigenvalue weighted by atomic mass is 10.2. The molecule has 1 aromatic rings. The molecule has 2 N–H and O–H groups in total. The van der Waals surface area contributed by atoms with E-state index in [2.05, 4.69) is 5.32 Å². The second-order valence-corrected chi connectivity index (χ2v) is 4.04. The van der Waals surface area contributed by atoms with Gasteiger partial charge in [-0.15, -0.1) is 0 Å². The molecule has 0 unspecified atom stereocenters. The maximum Gasteiger partial charge on any atom is 0.317 e. The van der Waals surface area contributed by atoms with Gasteiger partial charge < -0.3 is 20.1 Å². The largest absolute Gasteiger partial charge is 0.494 e. The Morgan fingerprint density at radius 1 is 1.32 bits per heavy atom. The highest BCUT2D eigenvalue weighted by molar-refractivity contribution is 5.74. The van der Waals surface area contributed by atoms with Crippen LogP contribution in [0.4, 0.5) is 4.79 Å². The van der Waals surface area contributed by atoms with Gasteiger partial charge in [-0.05, 0) is 31.5 Å². The van der Waals surface area contributed by atoms with Crippen molar-refractivity contribution in [3.05, 3.63) is 29.8 Å².